The zero-order valence-corrected chi connectivity index (χ0v) is 22.3. The van der Waals surface area contributed by atoms with Gasteiger partial charge in [0.25, 0.3) is 0 Å². The summed E-state index contributed by atoms with van der Waals surface area (Å²) in [6.07, 6.45) is 1.13. The molecule has 0 aliphatic carbocycles. The average molecular weight is 536 g/mol. The molecular weight excluding hydrogens is 506 g/mol. The molecule has 2 aromatic carbocycles. The predicted octanol–water partition coefficient (Wildman–Crippen LogP) is 3.40. The lowest BCUT2D eigenvalue weighted by Crippen LogP contribution is -2.68. The van der Waals surface area contributed by atoms with Crippen LogP contribution >= 0.6 is 23.1 Å². The second kappa shape index (κ2) is 11.1. The van der Waals surface area contributed by atoms with Crippen molar-refractivity contribution in [3.63, 3.8) is 0 Å². The molecule has 2 atom stereocenters. The second-order valence-electron chi connectivity index (χ2n) is 9.13. The third-order valence-corrected chi connectivity index (χ3v) is 8.59. The van der Waals surface area contributed by atoms with E-state index in [-0.39, 0.29) is 17.0 Å². The monoisotopic (exact) mass is 535 g/mol. The Hall–Kier alpha value is -3.18. The van der Waals surface area contributed by atoms with Crippen LogP contribution < -0.4 is 11.1 Å². The molecule has 3 heterocycles. The maximum atomic E-state index is 13.9. The third-order valence-electron chi connectivity index (χ3n) is 6.27. The Kier molecular flexibility index (Phi) is 7.61. The van der Waals surface area contributed by atoms with Crippen LogP contribution in [0, 0.1) is 0 Å². The number of thioether (sulfide) groups is 1. The lowest BCUT2D eigenvalue weighted by Gasteiger charge is -2.48. The van der Waals surface area contributed by atoms with Crippen LogP contribution in [0.15, 0.2) is 72.6 Å². The highest BCUT2D eigenvalue weighted by Gasteiger charge is 2.52. The van der Waals surface area contributed by atoms with Crippen molar-refractivity contribution in [3.05, 3.63) is 88.6 Å². The van der Waals surface area contributed by atoms with E-state index in [9.17, 15) is 9.59 Å². The van der Waals surface area contributed by atoms with Crippen molar-refractivity contribution in [1.29, 1.82) is 0 Å². The molecule has 1 fully saturated rings. The van der Waals surface area contributed by atoms with Crippen molar-refractivity contribution < 1.29 is 14.3 Å². The highest BCUT2D eigenvalue weighted by Crippen LogP contribution is 2.45. The summed E-state index contributed by atoms with van der Waals surface area (Å²) in [5.41, 5.74) is 8.78. The number of fused-ring (bicyclic) bond motifs is 1. The lowest BCUT2D eigenvalue weighted by atomic mass is 10.0. The standard InChI is InChI=1S/C27H29N5O3S2/c1-31(2)14-13-29-27-30-15-20(37-27)19-16-36-25-21(28)24(33)32(25)22(19)26(34)35-23(17-9-5-3-6-10-17)18-11-7-4-8-12-18/h3-12,15,21,23,25H,13-14,16,28H2,1-2H3,(H,29,30). The number of ether oxygens (including phenoxy) is 1. The topological polar surface area (TPSA) is 101 Å². The van der Waals surface area contributed by atoms with Crippen LogP contribution in [0.1, 0.15) is 22.1 Å². The van der Waals surface area contributed by atoms with Gasteiger partial charge in [-0.1, -0.05) is 72.0 Å². The first-order valence-corrected chi connectivity index (χ1v) is 13.9. The number of rotatable bonds is 9. The van der Waals surface area contributed by atoms with Crippen molar-refractivity contribution in [2.75, 3.05) is 38.3 Å². The first-order valence-electron chi connectivity index (χ1n) is 12.0. The summed E-state index contributed by atoms with van der Waals surface area (Å²) in [6, 6.07) is 18.6. The van der Waals surface area contributed by atoms with Gasteiger partial charge in [-0.25, -0.2) is 9.78 Å². The van der Waals surface area contributed by atoms with Gasteiger partial charge in [-0.15, -0.1) is 11.8 Å². The summed E-state index contributed by atoms with van der Waals surface area (Å²) in [5.74, 6) is -0.284. The minimum absolute atomic E-state index is 0.260. The fourth-order valence-electron chi connectivity index (χ4n) is 4.32. The first kappa shape index (κ1) is 25.5. The first-order chi connectivity index (χ1) is 17.9. The van der Waals surface area contributed by atoms with Crippen LogP contribution in [0.25, 0.3) is 5.57 Å². The maximum Gasteiger partial charge on any atom is 0.356 e. The van der Waals surface area contributed by atoms with Crippen molar-refractivity contribution in [2.45, 2.75) is 17.5 Å². The van der Waals surface area contributed by atoms with Crippen LogP contribution in [0.4, 0.5) is 5.13 Å². The molecule has 0 bridgehead atoms. The van der Waals surface area contributed by atoms with Crippen molar-refractivity contribution in [2.24, 2.45) is 5.73 Å². The summed E-state index contributed by atoms with van der Waals surface area (Å²) in [7, 11) is 4.03. The maximum absolute atomic E-state index is 13.9. The van der Waals surface area contributed by atoms with Crippen LogP contribution in [0.3, 0.4) is 0 Å². The number of amides is 1. The zero-order chi connectivity index (χ0) is 25.9. The number of nitrogens with zero attached hydrogens (tertiary/aromatic N) is 3. The second-order valence-corrected chi connectivity index (χ2v) is 11.3. The quantitative estimate of drug-likeness (QED) is 0.318. The molecule has 192 valence electrons. The van der Waals surface area contributed by atoms with E-state index in [4.69, 9.17) is 10.5 Å². The van der Waals surface area contributed by atoms with Gasteiger partial charge >= 0.3 is 5.97 Å². The molecule has 3 aromatic rings. The number of carbonyl (C=O) groups is 2. The van der Waals surface area contributed by atoms with E-state index in [1.54, 1.807) is 18.0 Å². The lowest BCUT2D eigenvalue weighted by molar-refractivity contribution is -0.152. The molecule has 2 aliphatic heterocycles. The molecule has 8 nitrogen and oxygen atoms in total. The number of likely N-dealkylation sites (N-methyl/N-ethyl adjacent to an activating group) is 1. The molecule has 0 spiro atoms. The molecule has 1 saturated heterocycles. The Balaban J connectivity index is 1.48. The summed E-state index contributed by atoms with van der Waals surface area (Å²) in [6.45, 7) is 1.62. The predicted molar refractivity (Wildman–Crippen MR) is 148 cm³/mol. The Morgan fingerprint density at radius 2 is 1.81 bits per heavy atom. The Labute approximate surface area is 224 Å². The number of hydrogen-bond donors (Lipinski definition) is 2. The van der Waals surface area contributed by atoms with Crippen LogP contribution in [0.2, 0.25) is 0 Å². The number of esters is 1. The smallest absolute Gasteiger partial charge is 0.356 e. The van der Waals surface area contributed by atoms with Gasteiger partial charge in [-0.3, -0.25) is 9.69 Å². The van der Waals surface area contributed by atoms with Crippen LogP contribution in [-0.4, -0.2) is 71.0 Å². The van der Waals surface area contributed by atoms with Crippen LogP contribution in [-0.2, 0) is 14.3 Å². The number of β-lactam (4-membered cyclic amide) rings is 1. The van der Waals surface area contributed by atoms with Crippen molar-refractivity contribution >= 4 is 45.7 Å². The molecule has 0 radical (unpaired) electrons. The van der Waals surface area contributed by atoms with Gasteiger partial charge in [-0.05, 0) is 25.2 Å². The largest absolute Gasteiger partial charge is 0.448 e. The highest BCUT2D eigenvalue weighted by atomic mass is 32.2. The van der Waals surface area contributed by atoms with E-state index in [0.717, 1.165) is 39.8 Å². The molecule has 2 unspecified atom stereocenters. The molecule has 37 heavy (non-hydrogen) atoms. The number of nitrogens with one attached hydrogen (secondary N) is 1. The number of aromatic nitrogens is 1. The van der Waals surface area contributed by atoms with E-state index in [1.165, 1.54) is 16.2 Å². The summed E-state index contributed by atoms with van der Waals surface area (Å²) in [4.78, 5) is 35.6. The normalized spacial score (nSPS) is 19.2. The number of nitrogens with two attached hydrogens (primary N) is 1. The zero-order valence-electron chi connectivity index (χ0n) is 20.7. The fraction of sp³-hybridized carbons (Fsp3) is 0.296. The Morgan fingerprint density at radius 1 is 1.16 bits per heavy atom. The fourth-order valence-corrected chi connectivity index (χ4v) is 6.61. The number of hydrogen-bond acceptors (Lipinski definition) is 9. The minimum atomic E-state index is -0.627. The average Bonchev–Trinajstić information content (AvgIpc) is 3.39. The molecule has 10 heteroatoms. The van der Waals surface area contributed by atoms with Gasteiger partial charge in [0.15, 0.2) is 11.2 Å². The van der Waals surface area contributed by atoms with Gasteiger partial charge in [0, 0.05) is 30.6 Å². The van der Waals surface area contributed by atoms with Gasteiger partial charge in [0.2, 0.25) is 5.91 Å². The number of carbonyl (C=O) groups excluding carboxylic acids is 2. The van der Waals surface area contributed by atoms with E-state index < -0.39 is 18.1 Å². The van der Waals surface area contributed by atoms with Gasteiger partial charge in [0.1, 0.15) is 17.1 Å². The molecule has 1 aromatic heterocycles. The number of thiazole rings is 1. The van der Waals surface area contributed by atoms with E-state index in [1.807, 2.05) is 74.8 Å². The van der Waals surface area contributed by atoms with Gasteiger partial charge in [-0.2, -0.15) is 0 Å². The van der Waals surface area contributed by atoms with E-state index >= 15 is 0 Å². The molecule has 1 amide bonds. The molecule has 5 rings (SSSR count). The highest BCUT2D eigenvalue weighted by molar-refractivity contribution is 8.00. The van der Waals surface area contributed by atoms with Gasteiger partial charge in [0.05, 0.1) is 4.88 Å². The molecule has 0 saturated carbocycles. The van der Waals surface area contributed by atoms with Crippen LogP contribution in [0.5, 0.6) is 0 Å². The Morgan fingerprint density at radius 3 is 2.43 bits per heavy atom. The van der Waals surface area contributed by atoms with E-state index in [0.29, 0.717) is 5.75 Å². The summed E-state index contributed by atoms with van der Waals surface area (Å²) >= 11 is 3.02. The summed E-state index contributed by atoms with van der Waals surface area (Å²) in [5, 5.41) is 3.81. The third kappa shape index (κ3) is 5.28. The molecule has 3 N–H and O–H groups in total. The van der Waals surface area contributed by atoms with Crippen molar-refractivity contribution in [3.8, 4) is 0 Å². The Bertz CT molecular complexity index is 1260. The van der Waals surface area contributed by atoms with E-state index in [2.05, 4.69) is 15.2 Å². The van der Waals surface area contributed by atoms with Gasteiger partial charge < -0.3 is 20.7 Å². The number of anilines is 1. The number of benzene rings is 2. The minimum Gasteiger partial charge on any atom is -0.448 e. The molecule has 2 aliphatic rings. The van der Waals surface area contributed by atoms with Crippen molar-refractivity contribution in [1.82, 2.24) is 14.8 Å². The molecular formula is C27H29N5O3S2. The summed E-state index contributed by atoms with van der Waals surface area (Å²) < 4.78 is 6.17. The SMILES string of the molecule is CN(C)CCNc1ncc(C2=C(C(=O)OC(c3ccccc3)c3ccccc3)N3C(=O)C(N)C3SC2)s1.